The van der Waals surface area contributed by atoms with Crippen LogP contribution in [0.2, 0.25) is 0 Å². The van der Waals surface area contributed by atoms with Crippen molar-refractivity contribution in [2.45, 2.75) is 39.0 Å². The molecule has 0 spiro atoms. The van der Waals surface area contributed by atoms with Crippen LogP contribution < -0.4 is 5.73 Å². The van der Waals surface area contributed by atoms with Crippen LogP contribution in [0.1, 0.15) is 69.0 Å². The van der Waals surface area contributed by atoms with Crippen LogP contribution in [0.4, 0.5) is 0 Å². The Balaban J connectivity index is 1.46. The van der Waals surface area contributed by atoms with Gasteiger partial charge in [-0.1, -0.05) is 19.9 Å². The van der Waals surface area contributed by atoms with Crippen LogP contribution in [-0.4, -0.2) is 39.8 Å². The third kappa shape index (κ3) is 3.28. The number of fused-ring (bicyclic) bond motifs is 2. The average Bonchev–Trinajstić information content (AvgIpc) is 3.46. The minimum Gasteiger partial charge on any atom is -0.365 e. The molecule has 7 heteroatoms. The zero-order valence-electron chi connectivity index (χ0n) is 18.4. The number of primary amides is 1. The molecule has 1 aliphatic heterocycles. The molecule has 1 aromatic carbocycles. The Morgan fingerprint density at radius 3 is 2.81 bits per heavy atom. The smallest absolute Gasteiger partial charge is 0.259 e. The number of pyridine rings is 1. The molecular weight excluding hydrogens is 420 g/mol. The fourth-order valence-corrected chi connectivity index (χ4v) is 6.21. The minimum atomic E-state index is -0.428. The van der Waals surface area contributed by atoms with Crippen LogP contribution in [0.25, 0.3) is 21.1 Å². The summed E-state index contributed by atoms with van der Waals surface area (Å²) in [6, 6.07) is 9.78. The predicted molar refractivity (Wildman–Crippen MR) is 129 cm³/mol. The number of carbonyl (C=O) groups is 2. The van der Waals surface area contributed by atoms with Crippen LogP contribution in [0.5, 0.6) is 0 Å². The van der Waals surface area contributed by atoms with Gasteiger partial charge in [-0.3, -0.25) is 9.59 Å². The SMILES string of the molecule is Cc1[nH]c2ccc(C(=O)N3CC[C@@H](c4c(C(N)=O)sc5ncccc45)C3)cc2c1C(C)C. The number of hydrogen-bond acceptors (Lipinski definition) is 4. The van der Waals surface area contributed by atoms with E-state index < -0.39 is 5.91 Å². The van der Waals surface area contributed by atoms with Crippen molar-refractivity contribution in [2.24, 2.45) is 5.73 Å². The highest BCUT2D eigenvalue weighted by Crippen LogP contribution is 2.39. The fourth-order valence-electron chi connectivity index (χ4n) is 5.13. The van der Waals surface area contributed by atoms with Crippen LogP contribution >= 0.6 is 11.3 Å². The van der Waals surface area contributed by atoms with Crippen molar-refractivity contribution in [3.63, 3.8) is 0 Å². The molecule has 164 valence electrons. The highest BCUT2D eigenvalue weighted by molar-refractivity contribution is 7.20. The second-order valence-electron chi connectivity index (χ2n) is 8.88. The van der Waals surface area contributed by atoms with Gasteiger partial charge in [-0.25, -0.2) is 4.98 Å². The lowest BCUT2D eigenvalue weighted by Crippen LogP contribution is -2.28. The van der Waals surface area contributed by atoms with Crippen LogP contribution in [0, 0.1) is 6.92 Å². The number of carbonyl (C=O) groups excluding carboxylic acids is 2. The van der Waals surface area contributed by atoms with E-state index in [-0.39, 0.29) is 11.8 Å². The number of benzene rings is 1. The molecule has 6 nitrogen and oxygen atoms in total. The van der Waals surface area contributed by atoms with Gasteiger partial charge in [0.2, 0.25) is 0 Å². The van der Waals surface area contributed by atoms with E-state index in [4.69, 9.17) is 5.73 Å². The van der Waals surface area contributed by atoms with Crippen molar-refractivity contribution in [3.05, 3.63) is 63.8 Å². The van der Waals surface area contributed by atoms with Gasteiger partial charge < -0.3 is 15.6 Å². The molecule has 1 saturated heterocycles. The highest BCUT2D eigenvalue weighted by atomic mass is 32.1. The summed E-state index contributed by atoms with van der Waals surface area (Å²) < 4.78 is 0. The molecule has 2 amide bonds. The van der Waals surface area contributed by atoms with Crippen molar-refractivity contribution >= 4 is 44.3 Å². The van der Waals surface area contributed by atoms with Gasteiger partial charge in [-0.05, 0) is 54.7 Å². The second kappa shape index (κ2) is 7.74. The van der Waals surface area contributed by atoms with Gasteiger partial charge >= 0.3 is 0 Å². The number of nitrogens with two attached hydrogens (primary N) is 1. The molecule has 1 atom stereocenters. The van der Waals surface area contributed by atoms with E-state index in [2.05, 4.69) is 30.7 Å². The summed E-state index contributed by atoms with van der Waals surface area (Å²) in [6.07, 6.45) is 2.53. The summed E-state index contributed by atoms with van der Waals surface area (Å²) >= 11 is 1.34. The Bertz CT molecular complexity index is 1370. The summed E-state index contributed by atoms with van der Waals surface area (Å²) in [7, 11) is 0. The summed E-state index contributed by atoms with van der Waals surface area (Å²) in [5.41, 5.74) is 10.8. The van der Waals surface area contributed by atoms with Crippen molar-refractivity contribution in [2.75, 3.05) is 13.1 Å². The maximum Gasteiger partial charge on any atom is 0.259 e. The average molecular weight is 447 g/mol. The number of aromatic nitrogens is 2. The largest absolute Gasteiger partial charge is 0.365 e. The Morgan fingerprint density at radius 1 is 1.25 bits per heavy atom. The molecule has 4 heterocycles. The molecule has 4 aromatic rings. The first-order chi connectivity index (χ1) is 15.3. The quantitative estimate of drug-likeness (QED) is 0.465. The van der Waals surface area contributed by atoms with E-state index in [1.54, 1.807) is 6.20 Å². The first-order valence-corrected chi connectivity index (χ1v) is 11.8. The van der Waals surface area contributed by atoms with E-state index in [0.29, 0.717) is 29.4 Å². The lowest BCUT2D eigenvalue weighted by atomic mass is 9.95. The van der Waals surface area contributed by atoms with Crippen molar-refractivity contribution in [3.8, 4) is 0 Å². The maximum absolute atomic E-state index is 13.4. The molecule has 1 fully saturated rings. The number of amides is 2. The number of aromatic amines is 1. The standard InChI is InChI=1S/C25H26N4O2S/c1-13(2)20-14(3)28-19-7-6-15(11-18(19)20)25(31)29-10-8-16(12-29)21-17-5-4-9-27-24(17)32-22(21)23(26)30/h4-7,9,11,13,16,28H,8,10,12H2,1-3H3,(H2,26,30)/t16-/m1/s1. The Morgan fingerprint density at radius 2 is 2.06 bits per heavy atom. The van der Waals surface area contributed by atoms with Gasteiger partial charge in [0.05, 0.1) is 4.88 Å². The van der Waals surface area contributed by atoms with Crippen LogP contribution in [-0.2, 0) is 0 Å². The van der Waals surface area contributed by atoms with Gasteiger partial charge in [0, 0.05) is 52.8 Å². The Labute approximate surface area is 190 Å². The molecule has 32 heavy (non-hydrogen) atoms. The number of H-pyrrole nitrogens is 1. The first kappa shape index (κ1) is 20.7. The molecule has 0 radical (unpaired) electrons. The highest BCUT2D eigenvalue weighted by Gasteiger charge is 2.33. The normalized spacial score (nSPS) is 16.5. The van der Waals surface area contributed by atoms with Gasteiger partial charge in [-0.2, -0.15) is 0 Å². The number of thiophene rings is 1. The maximum atomic E-state index is 13.4. The van der Waals surface area contributed by atoms with Crippen LogP contribution in [0.3, 0.4) is 0 Å². The molecule has 0 aliphatic carbocycles. The Kier molecular flexibility index (Phi) is 5.01. The summed E-state index contributed by atoms with van der Waals surface area (Å²) in [5, 5.41) is 2.08. The number of rotatable bonds is 4. The number of nitrogens with one attached hydrogen (secondary N) is 1. The number of aryl methyl sites for hydroxylation is 1. The monoisotopic (exact) mass is 446 g/mol. The molecular formula is C25H26N4O2S. The van der Waals surface area contributed by atoms with E-state index in [0.717, 1.165) is 38.8 Å². The van der Waals surface area contributed by atoms with Gasteiger partial charge in [-0.15, -0.1) is 11.3 Å². The van der Waals surface area contributed by atoms with Crippen molar-refractivity contribution in [1.82, 2.24) is 14.9 Å². The summed E-state index contributed by atoms with van der Waals surface area (Å²) in [4.78, 5) is 36.6. The molecule has 0 saturated carbocycles. The molecule has 0 unspecified atom stereocenters. The molecule has 5 rings (SSSR count). The first-order valence-electron chi connectivity index (χ1n) is 10.9. The van der Waals surface area contributed by atoms with E-state index >= 15 is 0 Å². The van der Waals surface area contributed by atoms with E-state index in [1.807, 2.05) is 35.2 Å². The van der Waals surface area contributed by atoms with Gasteiger partial charge in [0.25, 0.3) is 11.8 Å². The van der Waals surface area contributed by atoms with E-state index in [1.165, 1.54) is 16.9 Å². The number of nitrogens with zero attached hydrogens (tertiary/aromatic N) is 2. The summed E-state index contributed by atoms with van der Waals surface area (Å²) in [6.45, 7) is 7.65. The lowest BCUT2D eigenvalue weighted by Gasteiger charge is -2.17. The molecule has 3 N–H and O–H groups in total. The topological polar surface area (TPSA) is 92.1 Å². The van der Waals surface area contributed by atoms with Gasteiger partial charge in [0.15, 0.2) is 0 Å². The van der Waals surface area contributed by atoms with Crippen LogP contribution in [0.15, 0.2) is 36.5 Å². The molecule has 1 aliphatic rings. The van der Waals surface area contributed by atoms with Crippen molar-refractivity contribution < 1.29 is 9.59 Å². The third-order valence-corrected chi connectivity index (χ3v) is 7.62. The molecule has 0 bridgehead atoms. The third-order valence-electron chi connectivity index (χ3n) is 6.47. The lowest BCUT2D eigenvalue weighted by molar-refractivity contribution is 0.0791. The zero-order valence-corrected chi connectivity index (χ0v) is 19.3. The number of hydrogen-bond donors (Lipinski definition) is 2. The Hall–Kier alpha value is -3.19. The minimum absolute atomic E-state index is 0.0289. The van der Waals surface area contributed by atoms with Crippen molar-refractivity contribution in [1.29, 1.82) is 0 Å². The second-order valence-corrected chi connectivity index (χ2v) is 9.88. The van der Waals surface area contributed by atoms with Gasteiger partial charge in [0.1, 0.15) is 4.83 Å². The zero-order chi connectivity index (χ0) is 22.6. The van der Waals surface area contributed by atoms with E-state index in [9.17, 15) is 9.59 Å². The molecule has 3 aromatic heterocycles. The summed E-state index contributed by atoms with van der Waals surface area (Å²) in [5.74, 6) is 0.0466. The fraction of sp³-hybridized carbons (Fsp3) is 0.320. The predicted octanol–water partition coefficient (Wildman–Crippen LogP) is 4.94. The number of likely N-dealkylation sites (tertiary alicyclic amines) is 1.